The van der Waals surface area contributed by atoms with Crippen LogP contribution in [0.3, 0.4) is 0 Å². The van der Waals surface area contributed by atoms with Crippen molar-refractivity contribution in [2.45, 2.75) is 49.5 Å². The number of carbonyl (C=O) groups excluding carboxylic acids is 2. The maximum Gasteiger partial charge on any atom is 0.258 e. The number of likely N-dealkylation sites (tertiary alicyclic amines) is 2. The van der Waals surface area contributed by atoms with Crippen LogP contribution in [-0.4, -0.2) is 92.2 Å². The number of ether oxygens (including phenoxy) is 1. The van der Waals surface area contributed by atoms with E-state index in [1.54, 1.807) is 19.5 Å². The Balaban J connectivity index is 0.868. The van der Waals surface area contributed by atoms with E-state index >= 15 is 0 Å². The van der Waals surface area contributed by atoms with Gasteiger partial charge in [-0.05, 0) is 80.0 Å². The predicted molar refractivity (Wildman–Crippen MR) is 187 cm³/mol. The van der Waals surface area contributed by atoms with Crippen molar-refractivity contribution in [2.24, 2.45) is 0 Å². The minimum atomic E-state index is -1.04. The van der Waals surface area contributed by atoms with Crippen LogP contribution >= 0.6 is 0 Å². The number of piperidine rings is 1. The number of carbonyl (C=O) groups is 2. The molecule has 3 fully saturated rings. The molecule has 11 heteroatoms. The Kier molecular flexibility index (Phi) is 8.38. The number of rotatable bonds is 9. The summed E-state index contributed by atoms with van der Waals surface area (Å²) < 4.78 is 5.88. The Bertz CT molecular complexity index is 1970. The van der Waals surface area contributed by atoms with E-state index in [-0.39, 0.29) is 18.4 Å². The third-order valence-electron chi connectivity index (χ3n) is 10.4. The molecule has 3 aromatic heterocycles. The Morgan fingerprint density at radius 2 is 1.69 bits per heavy atom. The number of nitrogens with zero attached hydrogens (tertiary/aromatic N) is 6. The van der Waals surface area contributed by atoms with Gasteiger partial charge in [0.25, 0.3) is 5.91 Å². The fourth-order valence-electron chi connectivity index (χ4n) is 7.30. The van der Waals surface area contributed by atoms with Crippen molar-refractivity contribution in [3.05, 3.63) is 90.5 Å². The van der Waals surface area contributed by atoms with Crippen LogP contribution in [0.1, 0.15) is 55.2 Å². The van der Waals surface area contributed by atoms with Gasteiger partial charge < -0.3 is 15.0 Å². The van der Waals surface area contributed by atoms with Crippen molar-refractivity contribution in [3.8, 4) is 22.6 Å². The lowest BCUT2D eigenvalue weighted by molar-refractivity contribution is -0.138. The summed E-state index contributed by atoms with van der Waals surface area (Å²) >= 11 is 0. The van der Waals surface area contributed by atoms with Crippen molar-refractivity contribution < 1.29 is 14.3 Å². The molecule has 2 N–H and O–H groups in total. The molecule has 8 rings (SSSR count). The Morgan fingerprint density at radius 3 is 2.45 bits per heavy atom. The molecule has 2 amide bonds. The summed E-state index contributed by atoms with van der Waals surface area (Å²) in [7, 11) is 1.58. The summed E-state index contributed by atoms with van der Waals surface area (Å²) in [6, 6.07) is 20.1. The van der Waals surface area contributed by atoms with Crippen LogP contribution < -0.4 is 5.32 Å². The van der Waals surface area contributed by atoms with Gasteiger partial charge in [-0.3, -0.25) is 24.6 Å². The highest BCUT2D eigenvalue weighted by atomic mass is 16.5. The van der Waals surface area contributed by atoms with Crippen LogP contribution in [0.4, 0.5) is 5.69 Å². The zero-order valence-electron chi connectivity index (χ0n) is 27.6. The number of pyridine rings is 1. The maximum atomic E-state index is 13.7. The quantitative estimate of drug-likeness (QED) is 0.216. The van der Waals surface area contributed by atoms with Crippen molar-refractivity contribution in [2.75, 3.05) is 45.2 Å². The molecule has 2 aliphatic heterocycles. The zero-order chi connectivity index (χ0) is 33.4. The van der Waals surface area contributed by atoms with Gasteiger partial charge in [-0.1, -0.05) is 24.3 Å². The number of aromatic nitrogens is 5. The molecule has 1 atom stereocenters. The van der Waals surface area contributed by atoms with E-state index < -0.39 is 5.60 Å². The number of H-pyrrole nitrogens is 1. The lowest BCUT2D eigenvalue weighted by Gasteiger charge is -2.33. The monoisotopic (exact) mass is 656 g/mol. The topological polar surface area (TPSA) is 129 Å². The summed E-state index contributed by atoms with van der Waals surface area (Å²) in [6.07, 6.45) is 10.1. The first-order valence-corrected chi connectivity index (χ1v) is 17.2. The smallest absolute Gasteiger partial charge is 0.258 e. The van der Waals surface area contributed by atoms with Gasteiger partial charge >= 0.3 is 0 Å². The van der Waals surface area contributed by atoms with Crippen LogP contribution in [-0.2, 0) is 14.3 Å². The molecule has 2 aromatic carbocycles. The number of amides is 2. The highest BCUT2D eigenvalue weighted by molar-refractivity contribution is 6.01. The van der Waals surface area contributed by atoms with E-state index in [1.165, 1.54) is 18.4 Å². The molecule has 1 saturated carbocycles. The second-order valence-corrected chi connectivity index (χ2v) is 13.5. The molecule has 5 heterocycles. The zero-order valence-corrected chi connectivity index (χ0v) is 27.6. The molecule has 250 valence electrons. The molecule has 0 spiro atoms. The maximum absolute atomic E-state index is 13.7. The molecule has 5 aromatic rings. The number of aromatic amines is 1. The van der Waals surface area contributed by atoms with Crippen molar-refractivity contribution >= 4 is 28.4 Å². The molecule has 0 unspecified atom stereocenters. The molecular formula is C38H40N8O3. The van der Waals surface area contributed by atoms with Crippen molar-refractivity contribution in [1.82, 2.24) is 34.9 Å². The van der Waals surface area contributed by atoms with Crippen LogP contribution in [0.5, 0.6) is 0 Å². The summed E-state index contributed by atoms with van der Waals surface area (Å²) in [5.41, 5.74) is 5.76. The average molecular weight is 657 g/mol. The minimum absolute atomic E-state index is 0.0984. The number of methoxy groups -OCH3 is 1. The lowest BCUT2D eigenvalue weighted by atomic mass is 9.89. The van der Waals surface area contributed by atoms with Crippen LogP contribution in [0.2, 0.25) is 0 Å². The number of hydrogen-bond acceptors (Lipinski definition) is 8. The van der Waals surface area contributed by atoms with E-state index in [1.807, 2.05) is 46.3 Å². The fraction of sp³-hybridized carbons (Fsp3) is 0.368. The van der Waals surface area contributed by atoms with Crippen LogP contribution in [0.15, 0.2) is 79.3 Å². The number of nitrogens with one attached hydrogen (secondary N) is 2. The molecular weight excluding hydrogens is 616 g/mol. The summed E-state index contributed by atoms with van der Waals surface area (Å²) in [6.45, 7) is 2.67. The highest BCUT2D eigenvalue weighted by Gasteiger charge is 2.45. The van der Waals surface area contributed by atoms with E-state index in [0.717, 1.165) is 65.2 Å². The van der Waals surface area contributed by atoms with Gasteiger partial charge in [0.2, 0.25) is 5.91 Å². The fourth-order valence-corrected chi connectivity index (χ4v) is 7.30. The van der Waals surface area contributed by atoms with Crippen molar-refractivity contribution in [1.29, 1.82) is 0 Å². The van der Waals surface area contributed by atoms with Gasteiger partial charge in [-0.25, -0.2) is 9.97 Å². The second kappa shape index (κ2) is 13.1. The van der Waals surface area contributed by atoms with Gasteiger partial charge in [-0.15, -0.1) is 0 Å². The first kappa shape index (κ1) is 31.3. The largest absolute Gasteiger partial charge is 0.367 e. The van der Waals surface area contributed by atoms with Gasteiger partial charge in [0.15, 0.2) is 11.4 Å². The molecule has 2 saturated heterocycles. The lowest BCUT2D eigenvalue weighted by Crippen LogP contribution is -2.48. The van der Waals surface area contributed by atoms with Gasteiger partial charge in [0, 0.05) is 85.7 Å². The van der Waals surface area contributed by atoms with Gasteiger partial charge in [0.05, 0.1) is 12.1 Å². The standard InChI is InChI=1S/C38H40N8O3/c1-49-38(37(48)42-30-9-10-32-31(22-30)35(44-43-32)29-11-17-39-33(21-29)27-5-6-27)14-20-45(24-38)23-34(47)46-18-12-26(13-19-46)25-3-7-28(8-4-25)36-40-15-2-16-41-36/h2-4,7-11,15-17,21-22,26-27H,5-6,12-14,18-20,23-24H2,1H3,(H,42,48)(H,43,44)/t38-/m0/s1. The van der Waals surface area contributed by atoms with E-state index in [9.17, 15) is 9.59 Å². The summed E-state index contributed by atoms with van der Waals surface area (Å²) in [4.78, 5) is 44.3. The molecule has 3 aliphatic rings. The SMILES string of the molecule is CO[C@@]1(C(=O)Nc2ccc3[nH]nc(-c4ccnc(C5CC5)c4)c3c2)CCN(CC(=O)N2CCC(c3ccc(-c4ncccn4)cc3)CC2)C1. The van der Waals surface area contributed by atoms with Crippen LogP contribution in [0.25, 0.3) is 33.5 Å². The summed E-state index contributed by atoms with van der Waals surface area (Å²) in [5, 5.41) is 11.7. The van der Waals surface area contributed by atoms with Gasteiger partial charge in [-0.2, -0.15) is 5.10 Å². The Morgan fingerprint density at radius 1 is 0.898 bits per heavy atom. The van der Waals surface area contributed by atoms with Crippen LogP contribution in [0, 0.1) is 0 Å². The molecule has 0 radical (unpaired) electrons. The number of fused-ring (bicyclic) bond motifs is 1. The number of anilines is 1. The molecule has 49 heavy (non-hydrogen) atoms. The van der Waals surface area contributed by atoms with E-state index in [4.69, 9.17) is 4.74 Å². The summed E-state index contributed by atoms with van der Waals surface area (Å²) in [5.74, 6) is 1.57. The first-order chi connectivity index (χ1) is 24.0. The molecule has 1 aliphatic carbocycles. The molecule has 11 nitrogen and oxygen atoms in total. The van der Waals surface area contributed by atoms with Gasteiger partial charge in [0.1, 0.15) is 5.69 Å². The third-order valence-corrected chi connectivity index (χ3v) is 10.4. The number of hydrogen-bond donors (Lipinski definition) is 2. The predicted octanol–water partition coefficient (Wildman–Crippen LogP) is 5.39. The average Bonchev–Trinajstić information content (AvgIpc) is 3.79. The van der Waals surface area contributed by atoms with E-state index in [2.05, 4.69) is 60.8 Å². The van der Waals surface area contributed by atoms with E-state index in [0.29, 0.717) is 37.0 Å². The Hall–Kier alpha value is -5.00. The molecule has 0 bridgehead atoms. The Labute approximate surface area is 285 Å². The third kappa shape index (κ3) is 6.43. The second-order valence-electron chi connectivity index (χ2n) is 13.5. The minimum Gasteiger partial charge on any atom is -0.367 e. The first-order valence-electron chi connectivity index (χ1n) is 17.2. The highest BCUT2D eigenvalue weighted by Crippen LogP contribution is 2.40. The van der Waals surface area contributed by atoms with Crippen molar-refractivity contribution in [3.63, 3.8) is 0 Å². The normalized spacial score (nSPS) is 20.1. The number of benzene rings is 2.